The molecule has 8 nitrogen and oxygen atoms in total. The van der Waals surface area contributed by atoms with Gasteiger partial charge in [-0.1, -0.05) is 17.7 Å². The van der Waals surface area contributed by atoms with E-state index < -0.39 is 0 Å². The fourth-order valence-corrected chi connectivity index (χ4v) is 3.02. The minimum atomic E-state index is -0.276. The Morgan fingerprint density at radius 1 is 0.969 bits per heavy atom. The first kappa shape index (κ1) is 22.6. The second-order valence-corrected chi connectivity index (χ2v) is 6.88. The van der Waals surface area contributed by atoms with Crippen LogP contribution >= 0.6 is 0 Å². The van der Waals surface area contributed by atoms with Gasteiger partial charge in [0.25, 0.3) is 5.91 Å². The summed E-state index contributed by atoms with van der Waals surface area (Å²) in [7, 11) is 4.62. The number of nitrogens with zero attached hydrogens (tertiary/aromatic N) is 2. The second kappa shape index (κ2) is 10.8. The molecule has 0 bridgehead atoms. The number of pyridine rings is 1. The Morgan fingerprint density at radius 3 is 2.25 bits per heavy atom. The van der Waals surface area contributed by atoms with Gasteiger partial charge >= 0.3 is 0 Å². The van der Waals surface area contributed by atoms with Crippen LogP contribution in [0.1, 0.15) is 21.5 Å². The quantitative estimate of drug-likeness (QED) is 0.434. The lowest BCUT2D eigenvalue weighted by atomic mass is 10.1. The smallest absolute Gasteiger partial charge is 0.257 e. The maximum absolute atomic E-state index is 12.8. The summed E-state index contributed by atoms with van der Waals surface area (Å²) in [5.74, 6) is 1.44. The molecule has 0 aliphatic carbocycles. The number of aryl methyl sites for hydroxylation is 1. The molecule has 0 aliphatic heterocycles. The van der Waals surface area contributed by atoms with Crippen LogP contribution in [0.4, 0.5) is 5.69 Å². The number of guanidine groups is 1. The third-order valence-corrected chi connectivity index (χ3v) is 4.61. The van der Waals surface area contributed by atoms with Crippen molar-refractivity contribution in [2.24, 2.45) is 4.99 Å². The standard InChI is InChI=1S/C24H26N4O4/c1-16-6-5-7-18(12-16)23(29)28-24(26-15-17-8-10-25-11-9-17)27-19-13-20(30-2)22(32-4)21(14-19)31-3/h5-14H,15H2,1-4H3,(H2,26,27,28,29). The third kappa shape index (κ3) is 5.75. The molecule has 1 aromatic heterocycles. The van der Waals surface area contributed by atoms with Gasteiger partial charge in [0.2, 0.25) is 11.7 Å². The van der Waals surface area contributed by atoms with Gasteiger partial charge in [-0.25, -0.2) is 4.99 Å². The summed E-state index contributed by atoms with van der Waals surface area (Å²) in [6.07, 6.45) is 3.39. The molecule has 0 fully saturated rings. The summed E-state index contributed by atoms with van der Waals surface area (Å²) in [6, 6.07) is 14.5. The zero-order valence-corrected chi connectivity index (χ0v) is 18.5. The molecule has 0 unspecified atom stereocenters. The number of aliphatic imine (C=N–C) groups is 1. The van der Waals surface area contributed by atoms with Crippen LogP contribution in [0.5, 0.6) is 17.2 Å². The molecule has 3 aromatic rings. The van der Waals surface area contributed by atoms with Crippen molar-refractivity contribution in [2.75, 3.05) is 26.6 Å². The van der Waals surface area contributed by atoms with Gasteiger partial charge in [0, 0.05) is 35.8 Å². The van der Waals surface area contributed by atoms with E-state index in [1.807, 2.05) is 37.3 Å². The average Bonchev–Trinajstić information content (AvgIpc) is 2.82. The van der Waals surface area contributed by atoms with Crippen LogP contribution < -0.4 is 24.8 Å². The van der Waals surface area contributed by atoms with E-state index >= 15 is 0 Å². The van der Waals surface area contributed by atoms with Crippen LogP contribution in [0.25, 0.3) is 0 Å². The summed E-state index contributed by atoms with van der Waals surface area (Å²) >= 11 is 0. The maximum Gasteiger partial charge on any atom is 0.257 e. The first-order chi connectivity index (χ1) is 15.5. The SMILES string of the molecule is COc1cc(NC(=NCc2ccncc2)NC(=O)c2cccc(C)c2)cc(OC)c1OC. The largest absolute Gasteiger partial charge is 0.493 e. The topological polar surface area (TPSA) is 94.1 Å². The highest BCUT2D eigenvalue weighted by Gasteiger charge is 2.15. The number of carbonyl (C=O) groups is 1. The van der Waals surface area contributed by atoms with Gasteiger partial charge in [-0.05, 0) is 36.8 Å². The number of hydrogen-bond acceptors (Lipinski definition) is 6. The zero-order chi connectivity index (χ0) is 22.9. The fourth-order valence-electron chi connectivity index (χ4n) is 3.02. The van der Waals surface area contributed by atoms with Gasteiger partial charge in [0.05, 0.1) is 27.9 Å². The number of aromatic nitrogens is 1. The summed E-state index contributed by atoms with van der Waals surface area (Å²) in [5, 5.41) is 6.01. The average molecular weight is 434 g/mol. The lowest BCUT2D eigenvalue weighted by molar-refractivity contribution is 0.0977. The molecule has 1 heterocycles. The molecular weight excluding hydrogens is 408 g/mol. The molecule has 0 atom stereocenters. The molecule has 0 saturated carbocycles. The Hall–Kier alpha value is -4.07. The van der Waals surface area contributed by atoms with Crippen molar-refractivity contribution in [3.63, 3.8) is 0 Å². The number of hydrogen-bond donors (Lipinski definition) is 2. The molecule has 32 heavy (non-hydrogen) atoms. The minimum absolute atomic E-state index is 0.276. The molecule has 0 radical (unpaired) electrons. The summed E-state index contributed by atoms with van der Waals surface area (Å²) in [5.41, 5.74) is 3.09. The molecule has 2 N–H and O–H groups in total. The number of ether oxygens (including phenoxy) is 3. The van der Waals surface area contributed by atoms with Crippen LogP contribution in [0.2, 0.25) is 0 Å². The molecule has 8 heteroatoms. The van der Waals surface area contributed by atoms with Crippen molar-refractivity contribution < 1.29 is 19.0 Å². The molecule has 0 aliphatic rings. The minimum Gasteiger partial charge on any atom is -0.493 e. The van der Waals surface area contributed by atoms with Crippen molar-refractivity contribution in [3.05, 3.63) is 77.6 Å². The highest BCUT2D eigenvalue weighted by Crippen LogP contribution is 2.39. The van der Waals surface area contributed by atoms with Gasteiger partial charge in [0.15, 0.2) is 11.5 Å². The number of anilines is 1. The number of nitrogens with one attached hydrogen (secondary N) is 2. The van der Waals surface area contributed by atoms with E-state index in [1.165, 1.54) is 7.11 Å². The molecular formula is C24H26N4O4. The van der Waals surface area contributed by atoms with Crippen LogP contribution in [0.15, 0.2) is 65.9 Å². The summed E-state index contributed by atoms with van der Waals surface area (Å²) in [6.45, 7) is 2.28. The zero-order valence-electron chi connectivity index (χ0n) is 18.5. The Balaban J connectivity index is 1.91. The summed E-state index contributed by atoms with van der Waals surface area (Å²) in [4.78, 5) is 21.4. The van der Waals surface area contributed by atoms with Crippen molar-refractivity contribution in [2.45, 2.75) is 13.5 Å². The predicted octanol–water partition coefficient (Wildman–Crippen LogP) is 3.81. The normalized spacial score (nSPS) is 10.9. The van der Waals surface area contributed by atoms with Crippen LogP contribution in [-0.2, 0) is 6.54 Å². The first-order valence-corrected chi connectivity index (χ1v) is 9.92. The van der Waals surface area contributed by atoms with E-state index in [0.29, 0.717) is 35.0 Å². The fraction of sp³-hybridized carbons (Fsp3) is 0.208. The van der Waals surface area contributed by atoms with Gasteiger partial charge in [-0.15, -0.1) is 0 Å². The van der Waals surface area contributed by atoms with Crippen LogP contribution in [-0.4, -0.2) is 38.2 Å². The number of rotatable bonds is 7. The van der Waals surface area contributed by atoms with E-state index in [-0.39, 0.29) is 11.9 Å². The molecule has 2 aromatic carbocycles. The summed E-state index contributed by atoms with van der Waals surface area (Å²) < 4.78 is 16.2. The van der Waals surface area contributed by atoms with Crippen molar-refractivity contribution in [1.82, 2.24) is 10.3 Å². The van der Waals surface area contributed by atoms with Crippen molar-refractivity contribution in [1.29, 1.82) is 0 Å². The Morgan fingerprint density at radius 2 is 1.66 bits per heavy atom. The van der Waals surface area contributed by atoms with E-state index in [9.17, 15) is 4.79 Å². The van der Waals surface area contributed by atoms with Crippen LogP contribution in [0.3, 0.4) is 0 Å². The highest BCUT2D eigenvalue weighted by atomic mass is 16.5. The maximum atomic E-state index is 12.8. The van der Waals surface area contributed by atoms with Gasteiger partial charge < -0.3 is 19.5 Å². The number of benzene rings is 2. The molecule has 3 rings (SSSR count). The van der Waals surface area contributed by atoms with E-state index in [0.717, 1.165) is 11.1 Å². The van der Waals surface area contributed by atoms with E-state index in [2.05, 4.69) is 20.6 Å². The van der Waals surface area contributed by atoms with Gasteiger partial charge in [-0.3, -0.25) is 15.1 Å². The molecule has 0 spiro atoms. The molecule has 166 valence electrons. The number of amides is 1. The third-order valence-electron chi connectivity index (χ3n) is 4.61. The first-order valence-electron chi connectivity index (χ1n) is 9.92. The predicted molar refractivity (Wildman–Crippen MR) is 124 cm³/mol. The number of carbonyl (C=O) groups excluding carboxylic acids is 1. The Kier molecular flexibility index (Phi) is 7.64. The monoisotopic (exact) mass is 434 g/mol. The Bertz CT molecular complexity index is 1080. The van der Waals surface area contributed by atoms with Crippen molar-refractivity contribution in [3.8, 4) is 17.2 Å². The van der Waals surface area contributed by atoms with Gasteiger partial charge in [-0.2, -0.15) is 0 Å². The molecule has 1 amide bonds. The molecule has 0 saturated heterocycles. The van der Waals surface area contributed by atoms with Gasteiger partial charge in [0.1, 0.15) is 0 Å². The highest BCUT2D eigenvalue weighted by molar-refractivity contribution is 6.10. The second-order valence-electron chi connectivity index (χ2n) is 6.88. The van der Waals surface area contributed by atoms with E-state index in [4.69, 9.17) is 14.2 Å². The van der Waals surface area contributed by atoms with Crippen LogP contribution in [0, 0.1) is 6.92 Å². The van der Waals surface area contributed by atoms with E-state index in [1.54, 1.807) is 44.8 Å². The lowest BCUT2D eigenvalue weighted by Gasteiger charge is -2.16. The lowest BCUT2D eigenvalue weighted by Crippen LogP contribution is -2.36. The number of methoxy groups -OCH3 is 3. The Labute approximate surface area is 187 Å². The van der Waals surface area contributed by atoms with Crippen molar-refractivity contribution >= 4 is 17.6 Å².